The van der Waals surface area contributed by atoms with E-state index in [0.717, 1.165) is 36.8 Å². The molecule has 0 saturated carbocycles. The molecule has 0 unspecified atom stereocenters. The fourth-order valence-electron chi connectivity index (χ4n) is 3.14. The predicted molar refractivity (Wildman–Crippen MR) is 106 cm³/mol. The van der Waals surface area contributed by atoms with Gasteiger partial charge in [0.2, 0.25) is 10.0 Å². The summed E-state index contributed by atoms with van der Waals surface area (Å²) < 4.78 is 28.1. The molecule has 0 bridgehead atoms. The Labute approximate surface area is 158 Å². The number of hydrogen-bond acceptors (Lipinski definition) is 5. The number of anilines is 1. The Morgan fingerprint density at radius 1 is 1.27 bits per heavy atom. The molecule has 1 saturated heterocycles. The summed E-state index contributed by atoms with van der Waals surface area (Å²) in [6.45, 7) is 3.79. The maximum atomic E-state index is 12.9. The largest absolute Gasteiger partial charge is 0.397 e. The molecule has 142 valence electrons. The first kappa shape index (κ1) is 19.1. The van der Waals surface area contributed by atoms with Gasteiger partial charge in [0, 0.05) is 29.7 Å². The number of nitrogens with two attached hydrogens (primary N) is 1. The van der Waals surface area contributed by atoms with Gasteiger partial charge in [-0.05, 0) is 37.5 Å². The fraction of sp³-hybridized carbons (Fsp3) is 0.500. The number of carbonyl (C=O) groups is 1. The van der Waals surface area contributed by atoms with Gasteiger partial charge in [0.05, 0.1) is 10.6 Å². The highest BCUT2D eigenvalue weighted by molar-refractivity contribution is 7.89. The van der Waals surface area contributed by atoms with E-state index in [0.29, 0.717) is 35.6 Å². The van der Waals surface area contributed by atoms with Crippen molar-refractivity contribution >= 4 is 43.0 Å². The summed E-state index contributed by atoms with van der Waals surface area (Å²) in [4.78, 5) is 13.0. The molecule has 3 rings (SSSR count). The first-order chi connectivity index (χ1) is 12.4. The molecule has 1 aromatic heterocycles. The number of nitrogens with zero attached hydrogens (tertiary/aromatic N) is 1. The number of carbonyl (C=O) groups excluding carboxylic acids is 1. The average molecular weight is 396 g/mol. The number of amides is 1. The zero-order valence-electron chi connectivity index (χ0n) is 15.0. The standard InChI is InChI=1S/C18H25N3O3S2/c1-2-3-9-20-18(22)17-16(19)14-12-13(7-8-15(14)25-17)26(23,24)21-10-5-4-6-11-21/h7-8,12H,2-6,9-11,19H2,1H3,(H,20,22). The van der Waals surface area contributed by atoms with Crippen LogP contribution in [-0.4, -0.2) is 38.3 Å². The van der Waals surface area contributed by atoms with Crippen molar-refractivity contribution in [1.82, 2.24) is 9.62 Å². The molecular weight excluding hydrogens is 370 g/mol. The van der Waals surface area contributed by atoms with Crippen LogP contribution in [0.5, 0.6) is 0 Å². The van der Waals surface area contributed by atoms with Gasteiger partial charge in [0.15, 0.2) is 0 Å². The van der Waals surface area contributed by atoms with Gasteiger partial charge in [-0.15, -0.1) is 11.3 Å². The third-order valence-electron chi connectivity index (χ3n) is 4.67. The predicted octanol–water partition coefficient (Wildman–Crippen LogP) is 3.19. The monoisotopic (exact) mass is 395 g/mol. The SMILES string of the molecule is CCCCNC(=O)c1sc2ccc(S(=O)(=O)N3CCCCC3)cc2c1N. The Hall–Kier alpha value is -1.64. The van der Waals surface area contributed by atoms with Gasteiger partial charge in [-0.25, -0.2) is 8.42 Å². The normalized spacial score (nSPS) is 16.0. The molecule has 0 atom stereocenters. The summed E-state index contributed by atoms with van der Waals surface area (Å²) in [5.41, 5.74) is 6.53. The van der Waals surface area contributed by atoms with Crippen LogP contribution in [0.25, 0.3) is 10.1 Å². The maximum absolute atomic E-state index is 12.9. The van der Waals surface area contributed by atoms with Crippen LogP contribution in [0, 0.1) is 0 Å². The second-order valence-corrected chi connectivity index (χ2v) is 9.57. The summed E-state index contributed by atoms with van der Waals surface area (Å²) >= 11 is 1.30. The van der Waals surface area contributed by atoms with Gasteiger partial charge in [-0.1, -0.05) is 19.8 Å². The van der Waals surface area contributed by atoms with Crippen molar-refractivity contribution in [3.63, 3.8) is 0 Å². The minimum absolute atomic E-state index is 0.197. The quantitative estimate of drug-likeness (QED) is 0.735. The number of nitrogen functional groups attached to an aromatic ring is 1. The van der Waals surface area contributed by atoms with Crippen LogP contribution in [0.3, 0.4) is 0 Å². The highest BCUT2D eigenvalue weighted by atomic mass is 32.2. The van der Waals surface area contributed by atoms with E-state index in [-0.39, 0.29) is 10.8 Å². The third kappa shape index (κ3) is 3.72. The molecule has 1 amide bonds. The lowest BCUT2D eigenvalue weighted by atomic mass is 10.2. The van der Waals surface area contributed by atoms with Crippen LogP contribution in [0.1, 0.15) is 48.7 Å². The first-order valence-electron chi connectivity index (χ1n) is 9.05. The number of benzene rings is 1. The van der Waals surface area contributed by atoms with E-state index in [4.69, 9.17) is 5.73 Å². The number of fused-ring (bicyclic) bond motifs is 1. The summed E-state index contributed by atoms with van der Waals surface area (Å²) in [5.74, 6) is -0.197. The lowest BCUT2D eigenvalue weighted by Gasteiger charge is -2.25. The fourth-order valence-corrected chi connectivity index (χ4v) is 5.70. The Kier molecular flexibility index (Phi) is 5.84. The van der Waals surface area contributed by atoms with Crippen molar-refractivity contribution in [1.29, 1.82) is 0 Å². The topological polar surface area (TPSA) is 92.5 Å². The van der Waals surface area contributed by atoms with Gasteiger partial charge < -0.3 is 11.1 Å². The van der Waals surface area contributed by atoms with Crippen LogP contribution < -0.4 is 11.1 Å². The van der Waals surface area contributed by atoms with E-state index < -0.39 is 10.0 Å². The van der Waals surface area contributed by atoms with Crippen LogP contribution in [0.2, 0.25) is 0 Å². The number of rotatable bonds is 6. The third-order valence-corrected chi connectivity index (χ3v) is 7.75. The molecule has 0 aliphatic carbocycles. The molecule has 26 heavy (non-hydrogen) atoms. The van der Waals surface area contributed by atoms with Crippen LogP contribution in [0.15, 0.2) is 23.1 Å². The molecule has 2 aromatic rings. The van der Waals surface area contributed by atoms with Crippen molar-refractivity contribution < 1.29 is 13.2 Å². The van der Waals surface area contributed by atoms with Gasteiger partial charge in [0.1, 0.15) is 4.88 Å². The molecule has 0 spiro atoms. The van der Waals surface area contributed by atoms with E-state index in [2.05, 4.69) is 12.2 Å². The van der Waals surface area contributed by atoms with Crippen molar-refractivity contribution in [3.05, 3.63) is 23.1 Å². The van der Waals surface area contributed by atoms with E-state index >= 15 is 0 Å². The maximum Gasteiger partial charge on any atom is 0.263 e. The number of nitrogens with one attached hydrogen (secondary N) is 1. The molecule has 1 aliphatic rings. The summed E-state index contributed by atoms with van der Waals surface area (Å²) in [5, 5.41) is 3.50. The summed E-state index contributed by atoms with van der Waals surface area (Å²) in [6.07, 6.45) is 4.77. The van der Waals surface area contributed by atoms with E-state index in [1.807, 2.05) is 0 Å². The number of sulfonamides is 1. The molecule has 6 nitrogen and oxygen atoms in total. The van der Waals surface area contributed by atoms with Gasteiger partial charge in [0.25, 0.3) is 5.91 Å². The van der Waals surface area contributed by atoms with Crippen LogP contribution in [0.4, 0.5) is 5.69 Å². The molecule has 1 aromatic carbocycles. The Morgan fingerprint density at radius 3 is 2.69 bits per heavy atom. The van der Waals surface area contributed by atoms with Crippen LogP contribution >= 0.6 is 11.3 Å². The molecule has 1 aliphatic heterocycles. The smallest absolute Gasteiger partial charge is 0.263 e. The highest BCUT2D eigenvalue weighted by Crippen LogP contribution is 2.35. The zero-order chi connectivity index (χ0) is 18.7. The lowest BCUT2D eigenvalue weighted by molar-refractivity contribution is 0.0958. The van der Waals surface area contributed by atoms with Crippen molar-refractivity contribution in [3.8, 4) is 0 Å². The lowest BCUT2D eigenvalue weighted by Crippen LogP contribution is -2.35. The van der Waals surface area contributed by atoms with E-state index in [1.54, 1.807) is 22.5 Å². The minimum Gasteiger partial charge on any atom is -0.397 e. The van der Waals surface area contributed by atoms with Gasteiger partial charge in [-0.2, -0.15) is 4.31 Å². The van der Waals surface area contributed by atoms with Crippen molar-refractivity contribution in [2.24, 2.45) is 0 Å². The second-order valence-electron chi connectivity index (χ2n) is 6.58. The Bertz CT molecular complexity index is 900. The van der Waals surface area contributed by atoms with E-state index in [1.165, 1.54) is 11.3 Å². The second kappa shape index (κ2) is 7.94. The molecule has 0 radical (unpaired) electrons. The highest BCUT2D eigenvalue weighted by Gasteiger charge is 2.27. The number of piperidine rings is 1. The van der Waals surface area contributed by atoms with Crippen molar-refractivity contribution in [2.45, 2.75) is 43.9 Å². The van der Waals surface area contributed by atoms with Gasteiger partial charge >= 0.3 is 0 Å². The zero-order valence-corrected chi connectivity index (χ0v) is 16.6. The number of thiophene rings is 1. The summed E-state index contributed by atoms with van der Waals surface area (Å²) in [6, 6.07) is 4.96. The molecule has 1 fully saturated rings. The molecule has 3 N–H and O–H groups in total. The average Bonchev–Trinajstić information content (AvgIpc) is 2.99. The molecular formula is C18H25N3O3S2. The molecule has 8 heteroatoms. The first-order valence-corrected chi connectivity index (χ1v) is 11.3. The minimum atomic E-state index is -3.52. The van der Waals surface area contributed by atoms with E-state index in [9.17, 15) is 13.2 Å². The Balaban J connectivity index is 1.91. The summed E-state index contributed by atoms with van der Waals surface area (Å²) in [7, 11) is -3.52. The number of hydrogen-bond donors (Lipinski definition) is 2. The molecule has 2 heterocycles. The Morgan fingerprint density at radius 2 is 2.00 bits per heavy atom. The van der Waals surface area contributed by atoms with Gasteiger partial charge in [-0.3, -0.25) is 4.79 Å². The number of unbranched alkanes of at least 4 members (excludes halogenated alkanes) is 1. The van der Waals surface area contributed by atoms with Crippen molar-refractivity contribution in [2.75, 3.05) is 25.4 Å². The van der Waals surface area contributed by atoms with Crippen LogP contribution in [-0.2, 0) is 10.0 Å².